The van der Waals surface area contributed by atoms with Crippen molar-refractivity contribution in [1.82, 2.24) is 15.5 Å². The van der Waals surface area contributed by atoms with E-state index in [1.54, 1.807) is 7.05 Å². The predicted octanol–water partition coefficient (Wildman–Crippen LogP) is 4.43. The van der Waals surface area contributed by atoms with E-state index in [0.29, 0.717) is 25.4 Å². The van der Waals surface area contributed by atoms with E-state index in [2.05, 4.69) is 84.9 Å². The Hall–Kier alpha value is -2.82. The topological polar surface area (TPSA) is 56.7 Å². The number of hydrogen-bond acceptors (Lipinski definition) is 2. The van der Waals surface area contributed by atoms with Gasteiger partial charge in [-0.25, -0.2) is 0 Å². The highest BCUT2D eigenvalue weighted by atomic mass is 16.2. The number of nitrogens with one attached hydrogen (secondary N) is 2. The number of carbonyl (C=O) groups is 1. The number of nitrogens with zero attached hydrogens (tertiary/aromatic N) is 2. The molecule has 1 heterocycles. The lowest BCUT2D eigenvalue weighted by molar-refractivity contribution is -0.128. The van der Waals surface area contributed by atoms with E-state index in [9.17, 15) is 4.79 Å². The first-order chi connectivity index (χ1) is 14.9. The van der Waals surface area contributed by atoms with Crippen molar-refractivity contribution in [2.45, 2.75) is 59.2 Å². The average Bonchev–Trinajstić information content (AvgIpc) is 3.15. The van der Waals surface area contributed by atoms with Gasteiger partial charge < -0.3 is 15.5 Å². The van der Waals surface area contributed by atoms with Crippen LogP contribution in [0, 0.1) is 5.92 Å². The monoisotopic (exact) mass is 420 g/mol. The van der Waals surface area contributed by atoms with Crippen LogP contribution in [0.15, 0.2) is 53.5 Å². The van der Waals surface area contributed by atoms with Crippen LogP contribution in [0.1, 0.15) is 61.9 Å². The first kappa shape index (κ1) is 22.9. The van der Waals surface area contributed by atoms with Gasteiger partial charge in [0.2, 0.25) is 5.91 Å². The van der Waals surface area contributed by atoms with Gasteiger partial charge >= 0.3 is 0 Å². The Bertz CT molecular complexity index is 889. The molecule has 1 aliphatic rings. The number of aliphatic imine (C=N–C) groups is 1. The van der Waals surface area contributed by atoms with E-state index in [1.807, 2.05) is 4.90 Å². The van der Waals surface area contributed by atoms with Crippen molar-refractivity contribution in [1.29, 1.82) is 0 Å². The van der Waals surface area contributed by atoms with Gasteiger partial charge in [-0.2, -0.15) is 0 Å². The standard InChI is InChI=1S/C26H36N4O/c1-19(2)15-21-10-12-24(13-11-21)20(3)29-26(27-4)28-17-22-7-5-8-23(16-22)18-30-14-6-9-25(30)31/h5,7-8,10-13,16,19-20H,6,9,14-15,17-18H2,1-4H3,(H2,27,28,29). The van der Waals surface area contributed by atoms with Gasteiger partial charge in [-0.3, -0.25) is 9.79 Å². The molecule has 0 spiro atoms. The molecule has 2 aromatic rings. The van der Waals surface area contributed by atoms with Crippen molar-refractivity contribution >= 4 is 11.9 Å². The molecule has 5 heteroatoms. The molecule has 0 saturated carbocycles. The second-order valence-corrected chi connectivity index (χ2v) is 8.87. The van der Waals surface area contributed by atoms with Crippen LogP contribution in [0.25, 0.3) is 0 Å². The number of likely N-dealkylation sites (tertiary alicyclic amines) is 1. The summed E-state index contributed by atoms with van der Waals surface area (Å²) >= 11 is 0. The van der Waals surface area contributed by atoms with E-state index in [1.165, 1.54) is 22.3 Å². The molecule has 1 aliphatic heterocycles. The third kappa shape index (κ3) is 6.84. The van der Waals surface area contributed by atoms with Crippen LogP contribution in [0.2, 0.25) is 0 Å². The third-order valence-electron chi connectivity index (χ3n) is 5.70. The zero-order valence-corrected chi connectivity index (χ0v) is 19.3. The molecule has 1 unspecified atom stereocenters. The zero-order valence-electron chi connectivity index (χ0n) is 19.3. The van der Waals surface area contributed by atoms with Gasteiger partial charge in [0.25, 0.3) is 0 Å². The number of amides is 1. The van der Waals surface area contributed by atoms with E-state index in [4.69, 9.17) is 0 Å². The molecule has 0 aromatic heterocycles. The Morgan fingerprint density at radius 2 is 1.81 bits per heavy atom. The summed E-state index contributed by atoms with van der Waals surface area (Å²) in [7, 11) is 1.79. The molecule has 5 nitrogen and oxygen atoms in total. The number of carbonyl (C=O) groups excluding carboxylic acids is 1. The summed E-state index contributed by atoms with van der Waals surface area (Å²) in [6.07, 6.45) is 2.76. The van der Waals surface area contributed by atoms with Crippen LogP contribution < -0.4 is 10.6 Å². The summed E-state index contributed by atoms with van der Waals surface area (Å²) in [5.41, 5.74) is 4.97. The zero-order chi connectivity index (χ0) is 22.2. The van der Waals surface area contributed by atoms with Crippen molar-refractivity contribution in [3.05, 3.63) is 70.8 Å². The van der Waals surface area contributed by atoms with E-state index in [-0.39, 0.29) is 11.9 Å². The van der Waals surface area contributed by atoms with Crippen LogP contribution in [-0.4, -0.2) is 30.4 Å². The van der Waals surface area contributed by atoms with Crippen molar-refractivity contribution in [2.24, 2.45) is 10.9 Å². The lowest BCUT2D eigenvalue weighted by Gasteiger charge is -2.19. The van der Waals surface area contributed by atoms with Crippen molar-refractivity contribution in [2.75, 3.05) is 13.6 Å². The number of hydrogen-bond donors (Lipinski definition) is 2. The average molecular weight is 421 g/mol. The highest BCUT2D eigenvalue weighted by Gasteiger charge is 2.20. The van der Waals surface area contributed by atoms with Crippen molar-refractivity contribution in [3.8, 4) is 0 Å². The van der Waals surface area contributed by atoms with Gasteiger partial charge in [0.05, 0.1) is 6.04 Å². The molecule has 1 fully saturated rings. The molecule has 1 atom stereocenters. The van der Waals surface area contributed by atoms with Crippen LogP contribution in [-0.2, 0) is 24.3 Å². The fourth-order valence-corrected chi connectivity index (χ4v) is 4.01. The minimum Gasteiger partial charge on any atom is -0.352 e. The molecule has 2 aromatic carbocycles. The number of benzene rings is 2. The van der Waals surface area contributed by atoms with Gasteiger partial charge in [0, 0.05) is 33.1 Å². The maximum absolute atomic E-state index is 11.9. The largest absolute Gasteiger partial charge is 0.352 e. The quantitative estimate of drug-likeness (QED) is 0.491. The van der Waals surface area contributed by atoms with Gasteiger partial charge in [-0.05, 0) is 47.9 Å². The van der Waals surface area contributed by atoms with Gasteiger partial charge in [-0.15, -0.1) is 0 Å². The maximum atomic E-state index is 11.9. The summed E-state index contributed by atoms with van der Waals surface area (Å²) in [5.74, 6) is 1.71. The van der Waals surface area contributed by atoms with E-state index in [0.717, 1.165) is 25.3 Å². The summed E-state index contributed by atoms with van der Waals surface area (Å²) in [5, 5.41) is 6.89. The highest BCUT2D eigenvalue weighted by Crippen LogP contribution is 2.17. The minimum atomic E-state index is 0.159. The van der Waals surface area contributed by atoms with Gasteiger partial charge in [0.15, 0.2) is 5.96 Å². The molecule has 166 valence electrons. The molecule has 31 heavy (non-hydrogen) atoms. The summed E-state index contributed by atoms with van der Waals surface area (Å²) in [6.45, 7) is 8.89. The fraction of sp³-hybridized carbons (Fsp3) is 0.462. The minimum absolute atomic E-state index is 0.159. The van der Waals surface area contributed by atoms with Crippen LogP contribution in [0.3, 0.4) is 0 Å². The smallest absolute Gasteiger partial charge is 0.222 e. The Morgan fingerprint density at radius 3 is 2.45 bits per heavy atom. The SMILES string of the molecule is CN=C(NCc1cccc(CN2CCCC2=O)c1)NC(C)c1ccc(CC(C)C)cc1. The van der Waals surface area contributed by atoms with Gasteiger partial charge in [0.1, 0.15) is 0 Å². The van der Waals surface area contributed by atoms with Crippen molar-refractivity contribution < 1.29 is 4.79 Å². The molecule has 0 aliphatic carbocycles. The summed E-state index contributed by atoms with van der Waals surface area (Å²) in [4.78, 5) is 18.2. The summed E-state index contributed by atoms with van der Waals surface area (Å²) < 4.78 is 0. The molecule has 3 rings (SSSR count). The molecular weight excluding hydrogens is 384 g/mol. The first-order valence-corrected chi connectivity index (χ1v) is 11.4. The molecule has 2 N–H and O–H groups in total. The van der Waals surface area contributed by atoms with Crippen LogP contribution >= 0.6 is 0 Å². The number of guanidine groups is 1. The molecule has 1 amide bonds. The van der Waals surface area contributed by atoms with Gasteiger partial charge in [-0.1, -0.05) is 62.4 Å². The Labute approximate surface area is 187 Å². The molecule has 1 saturated heterocycles. The second kappa shape index (κ2) is 11.0. The fourth-order valence-electron chi connectivity index (χ4n) is 4.01. The normalized spacial score (nSPS) is 15.5. The molecule has 0 bridgehead atoms. The second-order valence-electron chi connectivity index (χ2n) is 8.87. The summed E-state index contributed by atoms with van der Waals surface area (Å²) in [6, 6.07) is 17.4. The molecule has 0 radical (unpaired) electrons. The van der Waals surface area contributed by atoms with Crippen LogP contribution in [0.4, 0.5) is 0 Å². The number of rotatable bonds is 8. The maximum Gasteiger partial charge on any atom is 0.222 e. The van der Waals surface area contributed by atoms with E-state index >= 15 is 0 Å². The molecular formula is C26H36N4O. The first-order valence-electron chi connectivity index (χ1n) is 11.4. The third-order valence-corrected chi connectivity index (χ3v) is 5.70. The predicted molar refractivity (Wildman–Crippen MR) is 128 cm³/mol. The van der Waals surface area contributed by atoms with Crippen LogP contribution in [0.5, 0.6) is 0 Å². The Kier molecular flexibility index (Phi) is 8.10. The van der Waals surface area contributed by atoms with Crippen molar-refractivity contribution in [3.63, 3.8) is 0 Å². The Morgan fingerprint density at radius 1 is 1.06 bits per heavy atom. The van der Waals surface area contributed by atoms with E-state index < -0.39 is 0 Å². The Balaban J connectivity index is 1.53. The lowest BCUT2D eigenvalue weighted by atomic mass is 10.00. The highest BCUT2D eigenvalue weighted by molar-refractivity contribution is 5.80. The lowest BCUT2D eigenvalue weighted by Crippen LogP contribution is -2.38.